The number of carboxylic acid groups (broad SMARTS) is 1. The highest BCUT2D eigenvalue weighted by Gasteiger charge is 2.40. The number of aryl methyl sites for hydroxylation is 1. The molecule has 156 valence electrons. The summed E-state index contributed by atoms with van der Waals surface area (Å²) in [4.78, 5) is 15.9. The quantitative estimate of drug-likeness (QED) is 0.658. The molecule has 30 heavy (non-hydrogen) atoms. The lowest BCUT2D eigenvalue weighted by Crippen LogP contribution is -2.48. The summed E-state index contributed by atoms with van der Waals surface area (Å²) in [6.07, 6.45) is 1.45. The highest BCUT2D eigenvalue weighted by molar-refractivity contribution is 5.75. The molecule has 0 amide bonds. The maximum absolute atomic E-state index is 11.2. The SMILES string of the molecule is Cc1oc(-c2ccccc2)nc1Cc1cccc(C[C@H]2CO[C@@](C)(C(=O)O)OC2)c1. The Balaban J connectivity index is 1.42. The summed E-state index contributed by atoms with van der Waals surface area (Å²) in [7, 11) is 0. The average molecular weight is 407 g/mol. The van der Waals surface area contributed by atoms with Crippen molar-refractivity contribution in [2.45, 2.75) is 32.5 Å². The summed E-state index contributed by atoms with van der Waals surface area (Å²) in [5.74, 6) is -1.07. The Labute approximate surface area is 175 Å². The van der Waals surface area contributed by atoms with E-state index >= 15 is 0 Å². The second kappa shape index (κ2) is 8.42. The molecular weight excluding hydrogens is 382 g/mol. The number of aliphatic carboxylic acids is 1. The Morgan fingerprint density at radius 2 is 1.80 bits per heavy atom. The Morgan fingerprint density at radius 1 is 1.10 bits per heavy atom. The van der Waals surface area contributed by atoms with E-state index in [-0.39, 0.29) is 5.92 Å². The molecule has 2 heterocycles. The minimum Gasteiger partial charge on any atom is -0.477 e. The van der Waals surface area contributed by atoms with E-state index in [1.807, 2.05) is 43.3 Å². The van der Waals surface area contributed by atoms with E-state index in [0.29, 0.717) is 25.5 Å². The molecule has 0 atom stereocenters. The monoisotopic (exact) mass is 407 g/mol. The smallest absolute Gasteiger partial charge is 0.364 e. The number of oxazole rings is 1. The van der Waals surface area contributed by atoms with Crippen molar-refractivity contribution in [2.75, 3.05) is 13.2 Å². The van der Waals surface area contributed by atoms with E-state index in [0.717, 1.165) is 34.6 Å². The van der Waals surface area contributed by atoms with Crippen LogP contribution in [-0.4, -0.2) is 35.1 Å². The molecule has 0 radical (unpaired) electrons. The second-order valence-corrected chi connectivity index (χ2v) is 7.83. The Morgan fingerprint density at radius 3 is 2.50 bits per heavy atom. The van der Waals surface area contributed by atoms with Crippen LogP contribution < -0.4 is 0 Å². The second-order valence-electron chi connectivity index (χ2n) is 7.83. The van der Waals surface area contributed by atoms with Crippen LogP contribution in [-0.2, 0) is 27.1 Å². The van der Waals surface area contributed by atoms with Gasteiger partial charge >= 0.3 is 5.97 Å². The van der Waals surface area contributed by atoms with Crippen LogP contribution in [0.25, 0.3) is 11.5 Å². The summed E-state index contributed by atoms with van der Waals surface area (Å²) in [6.45, 7) is 4.09. The standard InChI is InChI=1S/C24H25NO5/c1-16-21(25-22(30-16)20-9-4-3-5-10-20)13-18-8-6-7-17(11-18)12-19-14-28-24(2,23(26)27)29-15-19/h3-11,19H,12-15H2,1-2H3,(H,26,27)/t19-,24+. The average Bonchev–Trinajstić information content (AvgIpc) is 3.11. The van der Waals surface area contributed by atoms with Crippen molar-refractivity contribution < 1.29 is 23.8 Å². The maximum Gasteiger partial charge on any atom is 0.364 e. The Hall–Kier alpha value is -2.96. The lowest BCUT2D eigenvalue weighted by molar-refractivity contribution is -0.270. The van der Waals surface area contributed by atoms with Gasteiger partial charge in [0.05, 0.1) is 18.9 Å². The number of hydrogen-bond donors (Lipinski definition) is 1. The van der Waals surface area contributed by atoms with Gasteiger partial charge in [0.15, 0.2) is 0 Å². The molecule has 1 aliphatic heterocycles. The third-order valence-corrected chi connectivity index (χ3v) is 5.38. The van der Waals surface area contributed by atoms with Crippen molar-refractivity contribution in [1.82, 2.24) is 4.98 Å². The molecule has 1 aliphatic rings. The van der Waals surface area contributed by atoms with Crippen LogP contribution in [0.1, 0.15) is 29.5 Å². The van der Waals surface area contributed by atoms with Crippen molar-refractivity contribution in [3.8, 4) is 11.5 Å². The number of hydrogen-bond acceptors (Lipinski definition) is 5. The summed E-state index contributed by atoms with van der Waals surface area (Å²) in [5, 5.41) is 9.18. The molecular formula is C24H25NO5. The first-order valence-electron chi connectivity index (χ1n) is 10.0. The highest BCUT2D eigenvalue weighted by Crippen LogP contribution is 2.26. The fraction of sp³-hybridized carbons (Fsp3) is 0.333. The number of ether oxygens (including phenoxy) is 2. The van der Waals surface area contributed by atoms with Gasteiger partial charge in [0, 0.05) is 24.8 Å². The fourth-order valence-corrected chi connectivity index (χ4v) is 3.57. The zero-order valence-electron chi connectivity index (χ0n) is 17.1. The van der Waals surface area contributed by atoms with Gasteiger partial charge in [-0.05, 0) is 36.6 Å². The lowest BCUT2D eigenvalue weighted by Gasteiger charge is -2.34. The van der Waals surface area contributed by atoms with E-state index in [4.69, 9.17) is 18.9 Å². The molecule has 6 heteroatoms. The topological polar surface area (TPSA) is 81.8 Å². The zero-order valence-corrected chi connectivity index (χ0v) is 17.1. The van der Waals surface area contributed by atoms with Gasteiger partial charge in [-0.25, -0.2) is 9.78 Å². The third-order valence-electron chi connectivity index (χ3n) is 5.38. The van der Waals surface area contributed by atoms with Gasteiger partial charge in [-0.2, -0.15) is 0 Å². The predicted octanol–water partition coefficient (Wildman–Crippen LogP) is 4.25. The van der Waals surface area contributed by atoms with Crippen LogP contribution >= 0.6 is 0 Å². The van der Waals surface area contributed by atoms with Crippen LogP contribution in [0.4, 0.5) is 0 Å². The Kier molecular flexibility index (Phi) is 5.70. The molecule has 1 aromatic heterocycles. The number of rotatable bonds is 6. The van der Waals surface area contributed by atoms with Gasteiger partial charge in [0.1, 0.15) is 5.76 Å². The first-order valence-corrected chi connectivity index (χ1v) is 10.0. The normalized spacial score (nSPS) is 21.5. The van der Waals surface area contributed by atoms with Crippen molar-refractivity contribution in [1.29, 1.82) is 0 Å². The summed E-state index contributed by atoms with van der Waals surface area (Å²) in [6, 6.07) is 18.2. The van der Waals surface area contributed by atoms with Crippen LogP contribution in [0.15, 0.2) is 59.0 Å². The first kappa shape index (κ1) is 20.3. The highest BCUT2D eigenvalue weighted by atomic mass is 16.7. The summed E-state index contributed by atoms with van der Waals surface area (Å²) in [5.41, 5.74) is 4.20. The number of carbonyl (C=O) groups is 1. The van der Waals surface area contributed by atoms with Crippen LogP contribution in [0.2, 0.25) is 0 Å². The molecule has 4 rings (SSSR count). The predicted molar refractivity (Wildman–Crippen MR) is 111 cm³/mol. The first-order chi connectivity index (χ1) is 14.4. The van der Waals surface area contributed by atoms with Crippen LogP contribution in [0, 0.1) is 12.8 Å². The molecule has 2 aromatic carbocycles. The lowest BCUT2D eigenvalue weighted by atomic mass is 9.97. The summed E-state index contributed by atoms with van der Waals surface area (Å²) < 4.78 is 16.8. The molecule has 1 N–H and O–H groups in total. The van der Waals surface area contributed by atoms with Gasteiger partial charge in [-0.1, -0.05) is 42.5 Å². The van der Waals surface area contributed by atoms with Crippen LogP contribution in [0.5, 0.6) is 0 Å². The zero-order chi connectivity index (χ0) is 21.1. The third kappa shape index (κ3) is 4.45. The number of carboxylic acids is 1. The molecule has 6 nitrogen and oxygen atoms in total. The van der Waals surface area contributed by atoms with E-state index in [1.54, 1.807) is 0 Å². The molecule has 0 unspecified atom stereocenters. The van der Waals surface area contributed by atoms with Gasteiger partial charge in [0.25, 0.3) is 5.79 Å². The molecule has 3 aromatic rings. The van der Waals surface area contributed by atoms with Crippen molar-refractivity contribution >= 4 is 5.97 Å². The summed E-state index contributed by atoms with van der Waals surface area (Å²) >= 11 is 0. The maximum atomic E-state index is 11.2. The molecule has 1 fully saturated rings. The van der Waals surface area contributed by atoms with Crippen molar-refractivity contribution in [3.05, 3.63) is 77.2 Å². The van der Waals surface area contributed by atoms with Gasteiger partial charge in [-0.3, -0.25) is 0 Å². The van der Waals surface area contributed by atoms with Crippen molar-refractivity contribution in [2.24, 2.45) is 5.92 Å². The van der Waals surface area contributed by atoms with E-state index in [9.17, 15) is 9.90 Å². The minimum absolute atomic E-state index is 0.117. The van der Waals surface area contributed by atoms with Crippen molar-refractivity contribution in [3.63, 3.8) is 0 Å². The molecule has 0 saturated carbocycles. The van der Waals surface area contributed by atoms with E-state index < -0.39 is 11.8 Å². The Bertz CT molecular complexity index is 1020. The number of aromatic nitrogens is 1. The largest absolute Gasteiger partial charge is 0.477 e. The van der Waals surface area contributed by atoms with Crippen LogP contribution in [0.3, 0.4) is 0 Å². The van der Waals surface area contributed by atoms with E-state index in [2.05, 4.69) is 18.2 Å². The number of benzene rings is 2. The minimum atomic E-state index is -1.54. The molecule has 0 bridgehead atoms. The molecule has 0 spiro atoms. The van der Waals surface area contributed by atoms with Gasteiger partial charge in [-0.15, -0.1) is 0 Å². The molecule has 0 aliphatic carbocycles. The fourth-order valence-electron chi connectivity index (χ4n) is 3.57. The van der Waals surface area contributed by atoms with E-state index in [1.165, 1.54) is 6.92 Å². The van der Waals surface area contributed by atoms with Gasteiger partial charge < -0.3 is 19.0 Å². The molecule has 1 saturated heterocycles. The van der Waals surface area contributed by atoms with Gasteiger partial charge in [0.2, 0.25) is 5.89 Å². The number of nitrogens with zero attached hydrogens (tertiary/aromatic N) is 1.